The van der Waals surface area contributed by atoms with Crippen molar-refractivity contribution >= 4 is 17.8 Å². The summed E-state index contributed by atoms with van der Waals surface area (Å²) in [6.07, 6.45) is 2.99. The van der Waals surface area contributed by atoms with E-state index in [0.29, 0.717) is 11.3 Å². The van der Waals surface area contributed by atoms with Gasteiger partial charge in [-0.15, -0.1) is 0 Å². The molecule has 106 valence electrons. The molecule has 0 atom stereocenters. The van der Waals surface area contributed by atoms with Crippen LogP contribution in [0.5, 0.6) is 0 Å². The van der Waals surface area contributed by atoms with Gasteiger partial charge in [-0.1, -0.05) is 12.1 Å². The summed E-state index contributed by atoms with van der Waals surface area (Å²) < 4.78 is 0. The molecule has 0 unspecified atom stereocenters. The molecule has 0 aliphatic heterocycles. The van der Waals surface area contributed by atoms with Crippen LogP contribution in [-0.2, 0) is 0 Å². The Bertz CT molecular complexity index is 699. The van der Waals surface area contributed by atoms with Crippen molar-refractivity contribution in [2.24, 2.45) is 5.10 Å². The van der Waals surface area contributed by atoms with E-state index in [0.717, 1.165) is 0 Å². The summed E-state index contributed by atoms with van der Waals surface area (Å²) in [7, 11) is 0. The van der Waals surface area contributed by atoms with E-state index in [2.05, 4.69) is 15.5 Å². The summed E-state index contributed by atoms with van der Waals surface area (Å²) in [6, 6.07) is 9.54. The number of nitro benzene ring substituents is 1. The average Bonchev–Trinajstić information content (AvgIpc) is 2.48. The molecular formula is C14H12N4O3. The summed E-state index contributed by atoms with van der Waals surface area (Å²) in [5.41, 5.74) is 3.46. The van der Waals surface area contributed by atoms with Gasteiger partial charge in [0, 0.05) is 23.4 Å². The van der Waals surface area contributed by atoms with Crippen molar-refractivity contribution in [1.29, 1.82) is 0 Å². The highest BCUT2D eigenvalue weighted by molar-refractivity contribution is 5.95. The zero-order valence-corrected chi connectivity index (χ0v) is 11.2. The van der Waals surface area contributed by atoms with Crippen LogP contribution < -0.4 is 5.43 Å². The number of nitrogens with zero attached hydrogens (tertiary/aromatic N) is 3. The molecule has 7 nitrogen and oxygen atoms in total. The van der Waals surface area contributed by atoms with Gasteiger partial charge >= 0.3 is 0 Å². The number of hydrogen-bond acceptors (Lipinski definition) is 5. The first-order chi connectivity index (χ1) is 10.1. The quantitative estimate of drug-likeness (QED) is 0.528. The second kappa shape index (κ2) is 6.38. The van der Waals surface area contributed by atoms with Crippen LogP contribution in [0.4, 0.5) is 5.69 Å². The van der Waals surface area contributed by atoms with Gasteiger partial charge in [0.1, 0.15) is 0 Å². The van der Waals surface area contributed by atoms with Crippen LogP contribution in [0.2, 0.25) is 0 Å². The minimum absolute atomic E-state index is 0.101. The summed E-state index contributed by atoms with van der Waals surface area (Å²) in [5.74, 6) is -0.523. The van der Waals surface area contributed by atoms with E-state index in [9.17, 15) is 14.9 Å². The molecule has 0 saturated carbocycles. The first-order valence-electron chi connectivity index (χ1n) is 6.07. The van der Waals surface area contributed by atoms with Crippen molar-refractivity contribution in [3.05, 3.63) is 69.5 Å². The molecule has 0 fully saturated rings. The Hall–Kier alpha value is -3.09. The Labute approximate surface area is 120 Å². The fraction of sp³-hybridized carbons (Fsp3) is 0.0714. The van der Waals surface area contributed by atoms with Crippen molar-refractivity contribution in [3.63, 3.8) is 0 Å². The Kier molecular flexibility index (Phi) is 4.35. The fourth-order valence-electron chi connectivity index (χ4n) is 1.62. The smallest absolute Gasteiger partial charge is 0.267 e. The van der Waals surface area contributed by atoms with Gasteiger partial charge in [-0.05, 0) is 25.1 Å². The van der Waals surface area contributed by atoms with Crippen molar-refractivity contribution in [2.45, 2.75) is 6.92 Å². The molecule has 0 aliphatic rings. The molecule has 1 heterocycles. The molecule has 7 heteroatoms. The topological polar surface area (TPSA) is 97.5 Å². The van der Waals surface area contributed by atoms with E-state index in [-0.39, 0.29) is 11.3 Å². The first-order valence-corrected chi connectivity index (χ1v) is 6.07. The van der Waals surface area contributed by atoms with Gasteiger partial charge in [-0.25, -0.2) is 5.43 Å². The van der Waals surface area contributed by atoms with Gasteiger partial charge in [0.25, 0.3) is 11.6 Å². The molecule has 0 saturated heterocycles. The molecule has 1 aromatic heterocycles. The SMILES string of the molecule is Cc1ccc(C(=O)N/N=C/c2ccccn2)cc1[N+](=O)[O-]. The van der Waals surface area contributed by atoms with Gasteiger partial charge < -0.3 is 0 Å². The minimum Gasteiger partial charge on any atom is -0.267 e. The van der Waals surface area contributed by atoms with E-state index in [1.54, 1.807) is 31.3 Å². The van der Waals surface area contributed by atoms with Crippen LogP contribution in [0, 0.1) is 17.0 Å². The zero-order valence-electron chi connectivity index (χ0n) is 11.2. The van der Waals surface area contributed by atoms with Crippen molar-refractivity contribution in [1.82, 2.24) is 10.4 Å². The highest BCUT2D eigenvalue weighted by Gasteiger charge is 2.14. The molecule has 2 aromatic rings. The van der Waals surface area contributed by atoms with Gasteiger partial charge in [-0.3, -0.25) is 19.9 Å². The number of hydrazone groups is 1. The van der Waals surface area contributed by atoms with E-state index in [1.807, 2.05) is 0 Å². The fourth-order valence-corrected chi connectivity index (χ4v) is 1.62. The van der Waals surface area contributed by atoms with E-state index in [1.165, 1.54) is 24.4 Å². The molecule has 1 aromatic carbocycles. The molecule has 1 amide bonds. The molecule has 21 heavy (non-hydrogen) atoms. The third kappa shape index (κ3) is 3.69. The Balaban J connectivity index is 2.09. The first kappa shape index (κ1) is 14.3. The molecular weight excluding hydrogens is 272 g/mol. The van der Waals surface area contributed by atoms with Gasteiger partial charge in [0.15, 0.2) is 0 Å². The van der Waals surface area contributed by atoms with Crippen LogP contribution in [0.25, 0.3) is 0 Å². The van der Waals surface area contributed by atoms with E-state index >= 15 is 0 Å². The number of rotatable bonds is 4. The molecule has 0 radical (unpaired) electrons. The van der Waals surface area contributed by atoms with E-state index in [4.69, 9.17) is 0 Å². The molecule has 0 aliphatic carbocycles. The van der Waals surface area contributed by atoms with Crippen LogP contribution in [0.1, 0.15) is 21.6 Å². The normalized spacial score (nSPS) is 10.5. The number of nitrogens with one attached hydrogen (secondary N) is 1. The summed E-state index contributed by atoms with van der Waals surface area (Å²) >= 11 is 0. The zero-order chi connectivity index (χ0) is 15.2. The number of aromatic nitrogens is 1. The monoisotopic (exact) mass is 284 g/mol. The van der Waals surface area contributed by atoms with Crippen LogP contribution >= 0.6 is 0 Å². The number of hydrogen-bond donors (Lipinski definition) is 1. The minimum atomic E-state index is -0.525. The van der Waals surface area contributed by atoms with Crippen molar-refractivity contribution < 1.29 is 9.72 Å². The number of benzene rings is 1. The lowest BCUT2D eigenvalue weighted by Crippen LogP contribution is -2.18. The largest absolute Gasteiger partial charge is 0.273 e. The van der Waals surface area contributed by atoms with Crippen LogP contribution in [0.15, 0.2) is 47.7 Å². The van der Waals surface area contributed by atoms with Crippen molar-refractivity contribution in [2.75, 3.05) is 0 Å². The standard InChI is InChI=1S/C14H12N4O3/c1-10-5-6-11(8-13(10)18(20)21)14(19)17-16-9-12-4-2-3-7-15-12/h2-9H,1H3,(H,17,19)/b16-9+. The maximum atomic E-state index is 11.9. The predicted molar refractivity (Wildman–Crippen MR) is 77.1 cm³/mol. The third-order valence-electron chi connectivity index (χ3n) is 2.72. The summed E-state index contributed by atoms with van der Waals surface area (Å²) in [6.45, 7) is 1.61. The molecule has 1 N–H and O–H groups in total. The Morgan fingerprint density at radius 1 is 1.38 bits per heavy atom. The highest BCUT2D eigenvalue weighted by atomic mass is 16.6. The Morgan fingerprint density at radius 2 is 2.19 bits per heavy atom. The van der Waals surface area contributed by atoms with Crippen molar-refractivity contribution in [3.8, 4) is 0 Å². The second-order valence-corrected chi connectivity index (χ2v) is 4.21. The number of aryl methyl sites for hydroxylation is 1. The summed E-state index contributed by atoms with van der Waals surface area (Å²) in [5, 5.41) is 14.6. The number of nitro groups is 1. The number of amides is 1. The van der Waals surface area contributed by atoms with Gasteiger partial charge in [-0.2, -0.15) is 5.10 Å². The number of carbonyl (C=O) groups is 1. The lowest BCUT2D eigenvalue weighted by atomic mass is 10.1. The van der Waals surface area contributed by atoms with E-state index < -0.39 is 10.8 Å². The molecule has 0 bridgehead atoms. The lowest BCUT2D eigenvalue weighted by molar-refractivity contribution is -0.385. The maximum Gasteiger partial charge on any atom is 0.273 e. The number of pyridine rings is 1. The number of carbonyl (C=O) groups excluding carboxylic acids is 1. The van der Waals surface area contributed by atoms with Crippen LogP contribution in [-0.4, -0.2) is 22.0 Å². The van der Waals surface area contributed by atoms with Crippen LogP contribution in [0.3, 0.4) is 0 Å². The third-order valence-corrected chi connectivity index (χ3v) is 2.72. The van der Waals surface area contributed by atoms with Gasteiger partial charge in [0.05, 0.1) is 16.8 Å². The van der Waals surface area contributed by atoms with Gasteiger partial charge in [0.2, 0.25) is 0 Å². The Morgan fingerprint density at radius 3 is 2.86 bits per heavy atom. The maximum absolute atomic E-state index is 11.9. The summed E-state index contributed by atoms with van der Waals surface area (Å²) in [4.78, 5) is 26.2. The highest BCUT2D eigenvalue weighted by Crippen LogP contribution is 2.19. The molecule has 0 spiro atoms. The second-order valence-electron chi connectivity index (χ2n) is 4.21. The predicted octanol–water partition coefficient (Wildman–Crippen LogP) is 2.06. The average molecular weight is 284 g/mol. The molecule has 2 rings (SSSR count). The lowest BCUT2D eigenvalue weighted by Gasteiger charge is -2.01.